The zero-order chi connectivity index (χ0) is 29.4. The summed E-state index contributed by atoms with van der Waals surface area (Å²) in [7, 11) is -2.82. The first-order valence-electron chi connectivity index (χ1n) is 13.0. The molecule has 0 heterocycles. The summed E-state index contributed by atoms with van der Waals surface area (Å²) in [5.74, 6) is -0.439. The summed E-state index contributed by atoms with van der Waals surface area (Å²) < 4.78 is 34.3. The van der Waals surface area contributed by atoms with Gasteiger partial charge in [-0.1, -0.05) is 73.5 Å². The molecule has 0 unspecified atom stereocenters. The largest absolute Gasteiger partial charge is 0.495 e. The summed E-state index contributed by atoms with van der Waals surface area (Å²) in [6, 6.07) is 19.1. The standard InChI is InChI=1S/C30H36ClN3O5S/c1-21(2)18-32-30(36)23(4)33(19-24-11-9-10-22(3)16-24)29(35)20-34(27-17-25(31)14-15-28(27)39-5)40(37,38)26-12-7-6-8-13-26/h6-17,21,23H,18-20H2,1-5H3,(H,32,36)/t23-/m1/s1. The van der Waals surface area contributed by atoms with Crippen molar-refractivity contribution >= 4 is 39.1 Å². The minimum atomic E-state index is -4.23. The summed E-state index contributed by atoms with van der Waals surface area (Å²) in [5.41, 5.74) is 1.92. The van der Waals surface area contributed by atoms with E-state index in [1.54, 1.807) is 37.3 Å². The smallest absolute Gasteiger partial charge is 0.264 e. The van der Waals surface area contributed by atoms with Crippen molar-refractivity contribution in [3.05, 3.63) is 88.9 Å². The van der Waals surface area contributed by atoms with Gasteiger partial charge < -0.3 is 15.0 Å². The maximum absolute atomic E-state index is 14.0. The van der Waals surface area contributed by atoms with E-state index < -0.39 is 28.5 Å². The lowest BCUT2D eigenvalue weighted by Gasteiger charge is -2.32. The number of sulfonamides is 1. The minimum absolute atomic E-state index is 0.00205. The molecular formula is C30H36ClN3O5S. The van der Waals surface area contributed by atoms with Gasteiger partial charge in [0.1, 0.15) is 18.3 Å². The highest BCUT2D eigenvalue weighted by Crippen LogP contribution is 2.35. The van der Waals surface area contributed by atoms with Crippen LogP contribution in [-0.2, 0) is 26.2 Å². The SMILES string of the molecule is COc1ccc(Cl)cc1N(CC(=O)N(Cc1cccc(C)c1)[C@H](C)C(=O)NCC(C)C)S(=O)(=O)c1ccccc1. The molecule has 0 saturated carbocycles. The predicted octanol–water partition coefficient (Wildman–Crippen LogP) is 5.04. The average molecular weight is 586 g/mol. The number of rotatable bonds is 12. The second kappa shape index (κ2) is 13.7. The monoisotopic (exact) mass is 585 g/mol. The molecule has 10 heteroatoms. The van der Waals surface area contributed by atoms with Crippen molar-refractivity contribution in [3.8, 4) is 5.75 Å². The van der Waals surface area contributed by atoms with E-state index in [0.29, 0.717) is 6.54 Å². The molecule has 1 N–H and O–H groups in total. The molecule has 0 aliphatic rings. The molecule has 1 atom stereocenters. The zero-order valence-electron chi connectivity index (χ0n) is 23.4. The van der Waals surface area contributed by atoms with E-state index in [0.717, 1.165) is 15.4 Å². The highest BCUT2D eigenvalue weighted by Gasteiger charge is 2.34. The molecule has 0 bridgehead atoms. The molecule has 2 amide bonds. The second-order valence-corrected chi connectivity index (χ2v) is 12.3. The number of ether oxygens (including phenoxy) is 1. The van der Waals surface area contributed by atoms with Gasteiger partial charge in [0.25, 0.3) is 10.0 Å². The Kier molecular flexibility index (Phi) is 10.6. The third-order valence-corrected chi connectivity index (χ3v) is 8.32. The van der Waals surface area contributed by atoms with Gasteiger partial charge >= 0.3 is 0 Å². The van der Waals surface area contributed by atoms with Crippen LogP contribution in [-0.4, -0.2) is 51.4 Å². The lowest BCUT2D eigenvalue weighted by molar-refractivity contribution is -0.139. The Balaban J connectivity index is 2.07. The fraction of sp³-hybridized carbons (Fsp3) is 0.333. The van der Waals surface area contributed by atoms with E-state index in [1.807, 2.05) is 45.0 Å². The molecule has 0 aliphatic heterocycles. The quantitative estimate of drug-likeness (QED) is 0.321. The van der Waals surface area contributed by atoms with Crippen molar-refractivity contribution in [2.24, 2.45) is 5.92 Å². The molecule has 3 rings (SSSR count). The van der Waals surface area contributed by atoms with Gasteiger partial charge in [-0.25, -0.2) is 8.42 Å². The molecule has 0 spiro atoms. The van der Waals surface area contributed by atoms with Crippen LogP contribution in [0.4, 0.5) is 5.69 Å². The van der Waals surface area contributed by atoms with E-state index in [-0.39, 0.29) is 39.7 Å². The van der Waals surface area contributed by atoms with Crippen LogP contribution >= 0.6 is 11.6 Å². The minimum Gasteiger partial charge on any atom is -0.495 e. The van der Waals surface area contributed by atoms with Gasteiger partial charge in [-0.3, -0.25) is 13.9 Å². The van der Waals surface area contributed by atoms with Crippen LogP contribution in [0, 0.1) is 12.8 Å². The normalized spacial score (nSPS) is 12.1. The van der Waals surface area contributed by atoms with E-state index in [2.05, 4.69) is 5.32 Å². The Labute approximate surface area is 241 Å². The van der Waals surface area contributed by atoms with Crippen LogP contribution in [0.25, 0.3) is 0 Å². The first-order valence-corrected chi connectivity index (χ1v) is 14.8. The lowest BCUT2D eigenvalue weighted by atomic mass is 10.1. The lowest BCUT2D eigenvalue weighted by Crippen LogP contribution is -2.51. The average Bonchev–Trinajstić information content (AvgIpc) is 2.93. The number of benzene rings is 3. The molecule has 0 radical (unpaired) electrons. The van der Waals surface area contributed by atoms with Crippen molar-refractivity contribution in [2.75, 3.05) is 24.5 Å². The molecule has 0 aliphatic carbocycles. The van der Waals surface area contributed by atoms with Crippen molar-refractivity contribution < 1.29 is 22.7 Å². The topological polar surface area (TPSA) is 96.0 Å². The molecule has 0 aromatic heterocycles. The first-order chi connectivity index (χ1) is 18.9. The fourth-order valence-corrected chi connectivity index (χ4v) is 5.74. The van der Waals surface area contributed by atoms with Gasteiger partial charge in [-0.05, 0) is 55.7 Å². The Morgan fingerprint density at radius 1 is 0.975 bits per heavy atom. The van der Waals surface area contributed by atoms with Gasteiger partial charge in [0.05, 0.1) is 17.7 Å². The third kappa shape index (κ3) is 7.76. The number of nitrogens with zero attached hydrogens (tertiary/aromatic N) is 2. The Morgan fingerprint density at radius 2 is 1.68 bits per heavy atom. The highest BCUT2D eigenvalue weighted by atomic mass is 35.5. The molecule has 3 aromatic carbocycles. The van der Waals surface area contributed by atoms with Crippen LogP contribution in [0.3, 0.4) is 0 Å². The highest BCUT2D eigenvalue weighted by molar-refractivity contribution is 7.92. The van der Waals surface area contributed by atoms with Crippen LogP contribution in [0.5, 0.6) is 5.75 Å². The first kappa shape index (κ1) is 31.0. The van der Waals surface area contributed by atoms with Crippen molar-refractivity contribution in [1.82, 2.24) is 10.2 Å². The van der Waals surface area contributed by atoms with E-state index in [4.69, 9.17) is 16.3 Å². The van der Waals surface area contributed by atoms with Crippen molar-refractivity contribution in [2.45, 2.75) is 45.2 Å². The summed E-state index contributed by atoms with van der Waals surface area (Å²) >= 11 is 6.26. The van der Waals surface area contributed by atoms with E-state index in [1.165, 1.54) is 30.2 Å². The Morgan fingerprint density at radius 3 is 2.30 bits per heavy atom. The van der Waals surface area contributed by atoms with Gasteiger partial charge in [-0.2, -0.15) is 0 Å². The van der Waals surface area contributed by atoms with Crippen LogP contribution in [0.15, 0.2) is 77.7 Å². The van der Waals surface area contributed by atoms with E-state index >= 15 is 0 Å². The van der Waals surface area contributed by atoms with Gasteiger partial charge in [-0.15, -0.1) is 0 Å². The molecule has 3 aromatic rings. The predicted molar refractivity (Wildman–Crippen MR) is 158 cm³/mol. The number of nitrogens with one attached hydrogen (secondary N) is 1. The molecule has 214 valence electrons. The summed E-state index contributed by atoms with van der Waals surface area (Å²) in [6.07, 6.45) is 0. The number of methoxy groups -OCH3 is 1. The van der Waals surface area contributed by atoms with Crippen LogP contribution < -0.4 is 14.4 Å². The number of amides is 2. The maximum atomic E-state index is 14.0. The molecule has 8 nitrogen and oxygen atoms in total. The number of aryl methyl sites for hydroxylation is 1. The third-order valence-electron chi connectivity index (χ3n) is 6.31. The number of hydrogen-bond donors (Lipinski definition) is 1. The van der Waals surface area contributed by atoms with Crippen LogP contribution in [0.2, 0.25) is 5.02 Å². The molecule has 0 saturated heterocycles. The number of carbonyl (C=O) groups is 2. The zero-order valence-corrected chi connectivity index (χ0v) is 25.0. The summed E-state index contributed by atoms with van der Waals surface area (Å²) in [4.78, 5) is 28.5. The Hall–Kier alpha value is -3.56. The van der Waals surface area contributed by atoms with Crippen LogP contribution in [0.1, 0.15) is 31.9 Å². The number of carbonyl (C=O) groups excluding carboxylic acids is 2. The van der Waals surface area contributed by atoms with Crippen molar-refractivity contribution in [3.63, 3.8) is 0 Å². The molecule has 40 heavy (non-hydrogen) atoms. The maximum Gasteiger partial charge on any atom is 0.264 e. The molecule has 0 fully saturated rings. The summed E-state index contributed by atoms with van der Waals surface area (Å²) in [5, 5.41) is 3.15. The van der Waals surface area contributed by atoms with Gasteiger partial charge in [0.2, 0.25) is 11.8 Å². The van der Waals surface area contributed by atoms with Gasteiger partial charge in [0, 0.05) is 18.1 Å². The Bertz CT molecular complexity index is 1430. The van der Waals surface area contributed by atoms with Crippen molar-refractivity contribution in [1.29, 1.82) is 0 Å². The van der Waals surface area contributed by atoms with Gasteiger partial charge in [0.15, 0.2) is 0 Å². The number of anilines is 1. The fourth-order valence-electron chi connectivity index (χ4n) is 4.13. The summed E-state index contributed by atoms with van der Waals surface area (Å²) in [6.45, 7) is 7.51. The number of halogens is 1. The second-order valence-electron chi connectivity index (χ2n) is 9.97. The van der Waals surface area contributed by atoms with E-state index in [9.17, 15) is 18.0 Å². The molecular weight excluding hydrogens is 550 g/mol. The number of hydrogen-bond acceptors (Lipinski definition) is 5.